The molecule has 6 aliphatic rings. The SMILES string of the molecule is CC(=O)C1=CCC2C3CC=C4CC(OC5OC(CO)C(O)C(O)C5OC5OC(C)C(O)C(O)C5O)CCC4(C)C3CCC12C. The van der Waals surface area contributed by atoms with E-state index in [0.29, 0.717) is 24.2 Å². The standard InChI is InChI=1S/C33H50O11/c1-15(35)20-7-8-21-19-6-5-17-13-18(9-11-32(17,3)22(19)10-12-33(20,21)4)42-31-29(27(39)25(37)23(14-34)43-31)44-30-28(40)26(38)24(36)16(2)41-30/h5,7,16,18-19,21-31,34,36-40H,6,8-14H2,1-4H3. The molecular weight excluding hydrogens is 572 g/mol. The van der Waals surface area contributed by atoms with Crippen LogP contribution in [0, 0.1) is 28.6 Å². The second-order valence-corrected chi connectivity index (χ2v) is 14.6. The normalized spacial score (nSPS) is 52.3. The number of ketones is 1. The van der Waals surface area contributed by atoms with E-state index in [1.807, 2.05) is 0 Å². The van der Waals surface area contributed by atoms with E-state index in [9.17, 15) is 35.4 Å². The maximum Gasteiger partial charge on any atom is 0.187 e. The lowest BCUT2D eigenvalue weighted by Gasteiger charge is -2.58. The molecule has 11 heteroatoms. The van der Waals surface area contributed by atoms with Crippen LogP contribution in [0.1, 0.15) is 72.6 Å². The minimum atomic E-state index is -1.61. The van der Waals surface area contributed by atoms with Crippen molar-refractivity contribution in [2.45, 2.75) is 140 Å². The summed E-state index contributed by atoms with van der Waals surface area (Å²) in [4.78, 5) is 12.4. The molecule has 16 atom stereocenters. The van der Waals surface area contributed by atoms with Crippen LogP contribution in [0.4, 0.5) is 0 Å². The molecule has 248 valence electrons. The van der Waals surface area contributed by atoms with Gasteiger partial charge in [-0.3, -0.25) is 4.79 Å². The van der Waals surface area contributed by atoms with Gasteiger partial charge in [0, 0.05) is 0 Å². The van der Waals surface area contributed by atoms with E-state index in [1.54, 1.807) is 6.92 Å². The maximum atomic E-state index is 12.4. The summed E-state index contributed by atoms with van der Waals surface area (Å²) in [6.45, 7) is 7.33. The van der Waals surface area contributed by atoms with Crippen LogP contribution >= 0.6 is 0 Å². The molecule has 0 aromatic rings. The molecule has 4 aliphatic carbocycles. The van der Waals surface area contributed by atoms with E-state index in [1.165, 1.54) is 12.5 Å². The van der Waals surface area contributed by atoms with Crippen molar-refractivity contribution in [3.05, 3.63) is 23.3 Å². The summed E-state index contributed by atoms with van der Waals surface area (Å²) in [7, 11) is 0. The molecule has 2 heterocycles. The Morgan fingerprint density at radius 1 is 0.864 bits per heavy atom. The third-order valence-corrected chi connectivity index (χ3v) is 12.3. The molecule has 0 spiro atoms. The van der Waals surface area contributed by atoms with Crippen LogP contribution in [-0.4, -0.2) is 111 Å². The Morgan fingerprint density at radius 2 is 1.59 bits per heavy atom. The number of ether oxygens (including phenoxy) is 4. The number of allylic oxidation sites excluding steroid dienone is 3. The van der Waals surface area contributed by atoms with Crippen LogP contribution in [0.2, 0.25) is 0 Å². The van der Waals surface area contributed by atoms with Gasteiger partial charge in [-0.05, 0) is 93.0 Å². The number of carbonyl (C=O) groups is 1. The van der Waals surface area contributed by atoms with Gasteiger partial charge in [0.05, 0.1) is 18.8 Å². The van der Waals surface area contributed by atoms with Crippen LogP contribution in [-0.2, 0) is 23.7 Å². The second-order valence-electron chi connectivity index (χ2n) is 14.6. The first-order valence-electron chi connectivity index (χ1n) is 16.3. The highest BCUT2D eigenvalue weighted by Crippen LogP contribution is 2.65. The Balaban J connectivity index is 1.17. The lowest BCUT2D eigenvalue weighted by atomic mass is 9.47. The average Bonchev–Trinajstić information content (AvgIpc) is 3.36. The molecule has 0 aromatic heterocycles. The molecule has 2 saturated heterocycles. The number of aliphatic hydroxyl groups excluding tert-OH is 6. The van der Waals surface area contributed by atoms with Gasteiger partial charge in [0.1, 0.15) is 42.7 Å². The van der Waals surface area contributed by atoms with Crippen LogP contribution in [0.25, 0.3) is 0 Å². The fourth-order valence-corrected chi connectivity index (χ4v) is 9.64. The Bertz CT molecular complexity index is 1160. The molecule has 4 fully saturated rings. The third kappa shape index (κ3) is 5.25. The number of hydrogen-bond donors (Lipinski definition) is 6. The van der Waals surface area contributed by atoms with Gasteiger partial charge in [-0.25, -0.2) is 0 Å². The monoisotopic (exact) mass is 622 g/mol. The second kappa shape index (κ2) is 12.1. The van der Waals surface area contributed by atoms with Crippen LogP contribution in [0.5, 0.6) is 0 Å². The molecule has 11 nitrogen and oxygen atoms in total. The maximum absolute atomic E-state index is 12.4. The molecule has 6 rings (SSSR count). The van der Waals surface area contributed by atoms with Crippen LogP contribution < -0.4 is 0 Å². The van der Waals surface area contributed by atoms with Crippen molar-refractivity contribution in [3.8, 4) is 0 Å². The van der Waals surface area contributed by atoms with E-state index < -0.39 is 68.0 Å². The molecule has 16 unspecified atom stereocenters. The topological polar surface area (TPSA) is 175 Å². The zero-order chi connectivity index (χ0) is 31.7. The van der Waals surface area contributed by atoms with Crippen molar-refractivity contribution in [2.75, 3.05) is 6.61 Å². The molecule has 0 bridgehead atoms. The van der Waals surface area contributed by atoms with E-state index >= 15 is 0 Å². The molecule has 0 aromatic carbocycles. The first-order chi connectivity index (χ1) is 20.8. The van der Waals surface area contributed by atoms with E-state index in [0.717, 1.165) is 44.1 Å². The largest absolute Gasteiger partial charge is 0.394 e. The Hall–Kier alpha value is -1.25. The number of Topliss-reactive ketones (excluding diaryl/α,β-unsaturated/α-hetero) is 1. The highest BCUT2D eigenvalue weighted by molar-refractivity contribution is 5.95. The molecule has 6 N–H and O–H groups in total. The molecule has 0 radical (unpaired) electrons. The predicted octanol–water partition coefficient (Wildman–Crippen LogP) is 1.11. The van der Waals surface area contributed by atoms with E-state index in [4.69, 9.17) is 18.9 Å². The summed E-state index contributed by atoms with van der Waals surface area (Å²) < 4.78 is 23.8. The molecule has 0 amide bonds. The molecule has 2 aliphatic heterocycles. The summed E-state index contributed by atoms with van der Waals surface area (Å²) >= 11 is 0. The lowest BCUT2D eigenvalue weighted by molar-refractivity contribution is -0.369. The predicted molar refractivity (Wildman–Crippen MR) is 156 cm³/mol. The highest BCUT2D eigenvalue weighted by atomic mass is 16.8. The van der Waals surface area contributed by atoms with Crippen LogP contribution in [0.3, 0.4) is 0 Å². The van der Waals surface area contributed by atoms with E-state index in [2.05, 4.69) is 26.0 Å². The summed E-state index contributed by atoms with van der Waals surface area (Å²) in [5, 5.41) is 62.3. The Kier molecular flexibility index (Phi) is 8.97. The van der Waals surface area contributed by atoms with Crippen LogP contribution in [0.15, 0.2) is 23.3 Å². The highest BCUT2D eigenvalue weighted by Gasteiger charge is 2.58. The number of carbonyl (C=O) groups excluding carboxylic acids is 1. The van der Waals surface area contributed by atoms with Gasteiger partial charge in [0.25, 0.3) is 0 Å². The minimum Gasteiger partial charge on any atom is -0.394 e. The van der Waals surface area contributed by atoms with Gasteiger partial charge in [0.15, 0.2) is 18.4 Å². The summed E-state index contributed by atoms with van der Waals surface area (Å²) in [6, 6.07) is 0. The zero-order valence-corrected chi connectivity index (χ0v) is 26.1. The minimum absolute atomic E-state index is 0.0168. The fraction of sp³-hybridized carbons (Fsp3) is 0.848. The van der Waals surface area contributed by atoms with Gasteiger partial charge in [-0.15, -0.1) is 0 Å². The Morgan fingerprint density at radius 3 is 2.30 bits per heavy atom. The molecule has 2 saturated carbocycles. The van der Waals surface area contributed by atoms with Gasteiger partial charge in [-0.2, -0.15) is 0 Å². The zero-order valence-electron chi connectivity index (χ0n) is 26.1. The number of fused-ring (bicyclic) bond motifs is 5. The Labute approximate surface area is 258 Å². The van der Waals surface area contributed by atoms with Gasteiger partial charge in [0.2, 0.25) is 0 Å². The first kappa shape index (κ1) is 32.7. The van der Waals surface area contributed by atoms with Gasteiger partial charge in [-0.1, -0.05) is 31.6 Å². The van der Waals surface area contributed by atoms with Crippen molar-refractivity contribution in [1.82, 2.24) is 0 Å². The summed E-state index contributed by atoms with van der Waals surface area (Å²) in [5.74, 6) is 1.71. The van der Waals surface area contributed by atoms with E-state index in [-0.39, 0.29) is 22.7 Å². The first-order valence-corrected chi connectivity index (χ1v) is 16.3. The van der Waals surface area contributed by atoms with Crippen molar-refractivity contribution >= 4 is 5.78 Å². The average molecular weight is 623 g/mol. The number of aliphatic hydroxyl groups is 6. The van der Waals surface area contributed by atoms with Crippen molar-refractivity contribution in [2.24, 2.45) is 28.6 Å². The van der Waals surface area contributed by atoms with Crippen molar-refractivity contribution < 1.29 is 54.4 Å². The molecular formula is C33H50O11. The lowest BCUT2D eigenvalue weighted by Crippen LogP contribution is -2.64. The smallest absolute Gasteiger partial charge is 0.187 e. The van der Waals surface area contributed by atoms with Gasteiger partial charge >= 0.3 is 0 Å². The van der Waals surface area contributed by atoms with Gasteiger partial charge < -0.3 is 49.6 Å². The molecule has 44 heavy (non-hydrogen) atoms. The summed E-state index contributed by atoms with van der Waals surface area (Å²) in [6.07, 6.45) is -2.79. The number of rotatable bonds is 6. The third-order valence-electron chi connectivity index (χ3n) is 12.3. The number of hydrogen-bond acceptors (Lipinski definition) is 11. The fourth-order valence-electron chi connectivity index (χ4n) is 9.64. The van der Waals surface area contributed by atoms with Crippen molar-refractivity contribution in [1.29, 1.82) is 0 Å². The van der Waals surface area contributed by atoms with Crippen molar-refractivity contribution in [3.63, 3.8) is 0 Å². The summed E-state index contributed by atoms with van der Waals surface area (Å²) in [5.41, 5.74) is 2.34. The quantitative estimate of drug-likeness (QED) is 0.234.